The molecule has 0 spiro atoms. The van der Waals surface area contributed by atoms with Crippen LogP contribution in [-0.2, 0) is 4.79 Å². The van der Waals surface area contributed by atoms with Gasteiger partial charge in [0.2, 0.25) is 11.5 Å². The van der Waals surface area contributed by atoms with Gasteiger partial charge in [-0.1, -0.05) is 17.9 Å². The topological polar surface area (TPSA) is 124 Å². The molecule has 30 heavy (non-hydrogen) atoms. The average molecular weight is 405 g/mol. The van der Waals surface area contributed by atoms with E-state index in [0.29, 0.717) is 34.7 Å². The number of ether oxygens (including phenoxy) is 1. The number of likely N-dealkylation sites (N-methyl/N-ethyl adjacent to an activating group) is 1. The highest BCUT2D eigenvalue weighted by atomic mass is 16.5. The quantitative estimate of drug-likeness (QED) is 0.611. The summed E-state index contributed by atoms with van der Waals surface area (Å²) in [6, 6.07) is 10.3. The number of aliphatic hydroxyl groups is 1. The van der Waals surface area contributed by atoms with Crippen LogP contribution in [0.3, 0.4) is 0 Å². The average Bonchev–Trinajstić information content (AvgIpc) is 3.26. The number of aromatic nitrogens is 3. The molecule has 0 saturated carbocycles. The molecule has 9 nitrogen and oxygen atoms in total. The van der Waals surface area contributed by atoms with Gasteiger partial charge in [-0.2, -0.15) is 10.1 Å². The highest BCUT2D eigenvalue weighted by Crippen LogP contribution is 2.24. The number of carbonyl (C=O) groups is 2. The maximum atomic E-state index is 12.1. The van der Waals surface area contributed by atoms with Gasteiger partial charge in [0.25, 0.3) is 11.8 Å². The van der Waals surface area contributed by atoms with Gasteiger partial charge in [-0.25, -0.2) is 4.68 Å². The summed E-state index contributed by atoms with van der Waals surface area (Å²) < 4.78 is 6.66. The molecule has 9 heteroatoms. The number of carbonyl (C=O) groups excluding carboxylic acids is 2. The minimum absolute atomic E-state index is 0.0885. The zero-order valence-electron chi connectivity index (χ0n) is 16.4. The van der Waals surface area contributed by atoms with Crippen LogP contribution in [0.1, 0.15) is 22.5 Å². The number of likely N-dealkylation sites (tertiary alicyclic amines) is 1. The molecule has 0 unspecified atom stereocenters. The number of nitrogens with zero attached hydrogens (tertiary/aromatic N) is 4. The monoisotopic (exact) mass is 405 g/mol. The van der Waals surface area contributed by atoms with Crippen molar-refractivity contribution in [3.8, 4) is 23.4 Å². The number of methoxy groups -OCH3 is 1. The first-order valence-corrected chi connectivity index (χ1v) is 9.17. The number of pyridine rings is 1. The minimum atomic E-state index is -1.68. The van der Waals surface area contributed by atoms with E-state index < -0.39 is 17.4 Å². The standard InChI is InChI=1S/C21H19N5O4/c1-25-11-10-21(29,20(25)28)9-8-13-4-3-5-14(12-13)26-19-15(17(24-26)18(22)27)6-7-16(23-19)30-2/h3-7,12,29H,10-11H2,1-2H3,(H2,22,27)/t21-/m0/s1. The van der Waals surface area contributed by atoms with E-state index in [0.717, 1.165) is 0 Å². The Balaban J connectivity index is 1.78. The molecule has 1 fully saturated rings. The number of fused-ring (bicyclic) bond motifs is 1. The second-order valence-corrected chi connectivity index (χ2v) is 6.99. The summed E-state index contributed by atoms with van der Waals surface area (Å²) in [5.74, 6) is 4.83. The van der Waals surface area contributed by atoms with Crippen molar-refractivity contribution >= 4 is 22.8 Å². The molecule has 4 rings (SSSR count). The first-order valence-electron chi connectivity index (χ1n) is 9.17. The third-order valence-electron chi connectivity index (χ3n) is 4.96. The van der Waals surface area contributed by atoms with Crippen molar-refractivity contribution in [1.29, 1.82) is 0 Å². The lowest BCUT2D eigenvalue weighted by Crippen LogP contribution is -2.37. The van der Waals surface area contributed by atoms with Crippen molar-refractivity contribution < 1.29 is 19.4 Å². The van der Waals surface area contributed by atoms with Crippen LogP contribution in [0.25, 0.3) is 16.7 Å². The second kappa shape index (κ2) is 7.17. The lowest BCUT2D eigenvalue weighted by molar-refractivity contribution is -0.137. The van der Waals surface area contributed by atoms with E-state index in [1.54, 1.807) is 43.4 Å². The van der Waals surface area contributed by atoms with E-state index >= 15 is 0 Å². The highest BCUT2D eigenvalue weighted by molar-refractivity contribution is 6.03. The fraction of sp³-hybridized carbons (Fsp3) is 0.238. The zero-order valence-corrected chi connectivity index (χ0v) is 16.4. The molecule has 1 saturated heterocycles. The Bertz CT molecular complexity index is 1240. The molecule has 152 valence electrons. The summed E-state index contributed by atoms with van der Waals surface area (Å²) in [6.45, 7) is 0.451. The van der Waals surface area contributed by atoms with E-state index in [1.807, 2.05) is 0 Å². The predicted molar refractivity (Wildman–Crippen MR) is 108 cm³/mol. The fourth-order valence-corrected chi connectivity index (χ4v) is 3.31. The van der Waals surface area contributed by atoms with Gasteiger partial charge < -0.3 is 20.5 Å². The Labute approximate surface area is 172 Å². The minimum Gasteiger partial charge on any atom is -0.481 e. The summed E-state index contributed by atoms with van der Waals surface area (Å²) in [4.78, 5) is 29.8. The molecule has 3 N–H and O–H groups in total. The lowest BCUT2D eigenvalue weighted by Gasteiger charge is -2.13. The number of rotatable bonds is 3. The van der Waals surface area contributed by atoms with Crippen LogP contribution in [0, 0.1) is 11.8 Å². The molecule has 1 atom stereocenters. The molecule has 0 radical (unpaired) electrons. The number of nitrogens with two attached hydrogens (primary N) is 1. The van der Waals surface area contributed by atoms with Crippen LogP contribution < -0.4 is 10.5 Å². The van der Waals surface area contributed by atoms with Crippen molar-refractivity contribution in [2.24, 2.45) is 5.73 Å². The highest BCUT2D eigenvalue weighted by Gasteiger charge is 2.42. The van der Waals surface area contributed by atoms with Crippen molar-refractivity contribution in [1.82, 2.24) is 19.7 Å². The Morgan fingerprint density at radius 3 is 2.80 bits per heavy atom. The normalized spacial score (nSPS) is 18.4. The molecular weight excluding hydrogens is 386 g/mol. The summed E-state index contributed by atoms with van der Waals surface area (Å²) in [5.41, 5.74) is 5.43. The number of hydrogen-bond donors (Lipinski definition) is 2. The van der Waals surface area contributed by atoms with Crippen LogP contribution in [0.5, 0.6) is 5.88 Å². The molecule has 1 aromatic carbocycles. The smallest absolute Gasteiger partial charge is 0.269 e. The van der Waals surface area contributed by atoms with E-state index in [2.05, 4.69) is 21.9 Å². The molecule has 3 aromatic rings. The molecular formula is C21H19N5O4. The van der Waals surface area contributed by atoms with E-state index in [4.69, 9.17) is 10.5 Å². The van der Waals surface area contributed by atoms with Gasteiger partial charge >= 0.3 is 0 Å². The molecule has 3 heterocycles. The third kappa shape index (κ3) is 3.23. The van der Waals surface area contributed by atoms with Gasteiger partial charge in [-0.3, -0.25) is 9.59 Å². The van der Waals surface area contributed by atoms with Crippen molar-refractivity contribution in [2.75, 3.05) is 20.7 Å². The van der Waals surface area contributed by atoms with Crippen LogP contribution in [-0.4, -0.2) is 62.9 Å². The van der Waals surface area contributed by atoms with Gasteiger partial charge in [0, 0.05) is 31.6 Å². The van der Waals surface area contributed by atoms with Gasteiger partial charge in [-0.05, 0) is 24.3 Å². The molecule has 1 aliphatic heterocycles. The maximum absolute atomic E-state index is 12.1. The van der Waals surface area contributed by atoms with Crippen LogP contribution in [0.15, 0.2) is 36.4 Å². The Hall–Kier alpha value is -3.90. The largest absolute Gasteiger partial charge is 0.481 e. The van der Waals surface area contributed by atoms with Crippen LogP contribution in [0.2, 0.25) is 0 Å². The molecule has 2 amide bonds. The van der Waals surface area contributed by atoms with E-state index in [9.17, 15) is 14.7 Å². The van der Waals surface area contributed by atoms with Gasteiger partial charge in [0.15, 0.2) is 11.3 Å². The Morgan fingerprint density at radius 2 is 2.13 bits per heavy atom. The third-order valence-corrected chi connectivity index (χ3v) is 4.96. The molecule has 0 aliphatic carbocycles. The summed E-state index contributed by atoms with van der Waals surface area (Å²) in [6.07, 6.45) is 0.254. The van der Waals surface area contributed by atoms with Crippen molar-refractivity contribution in [2.45, 2.75) is 12.0 Å². The SMILES string of the molecule is COc1ccc2c(C(N)=O)nn(-c3cccc(C#C[C@]4(O)CCN(C)C4=O)c3)c2n1. The number of benzene rings is 1. The van der Waals surface area contributed by atoms with E-state index in [1.165, 1.54) is 16.7 Å². The summed E-state index contributed by atoms with van der Waals surface area (Å²) in [7, 11) is 3.12. The van der Waals surface area contributed by atoms with Crippen molar-refractivity contribution in [3.05, 3.63) is 47.7 Å². The van der Waals surface area contributed by atoms with Gasteiger partial charge in [-0.15, -0.1) is 0 Å². The van der Waals surface area contributed by atoms with Crippen LogP contribution in [0.4, 0.5) is 0 Å². The Morgan fingerprint density at radius 1 is 1.33 bits per heavy atom. The predicted octanol–water partition coefficient (Wildman–Crippen LogP) is 0.473. The number of hydrogen-bond acceptors (Lipinski definition) is 6. The molecule has 0 bridgehead atoms. The molecule has 2 aromatic heterocycles. The maximum Gasteiger partial charge on any atom is 0.269 e. The Kier molecular flexibility index (Phi) is 4.64. The fourth-order valence-electron chi connectivity index (χ4n) is 3.31. The molecule has 1 aliphatic rings. The first-order chi connectivity index (χ1) is 14.3. The van der Waals surface area contributed by atoms with E-state index in [-0.39, 0.29) is 12.1 Å². The number of primary amides is 1. The second-order valence-electron chi connectivity index (χ2n) is 6.99. The summed E-state index contributed by atoms with van der Waals surface area (Å²) >= 11 is 0. The van der Waals surface area contributed by atoms with Crippen molar-refractivity contribution in [3.63, 3.8) is 0 Å². The lowest BCUT2D eigenvalue weighted by atomic mass is 10.0. The zero-order chi connectivity index (χ0) is 21.5. The summed E-state index contributed by atoms with van der Waals surface area (Å²) in [5, 5.41) is 15.3. The first kappa shape index (κ1) is 19.4. The van der Waals surface area contributed by atoms with Gasteiger partial charge in [0.1, 0.15) is 0 Å². The number of amides is 2. The van der Waals surface area contributed by atoms with Crippen LogP contribution >= 0.6 is 0 Å². The van der Waals surface area contributed by atoms with Gasteiger partial charge in [0.05, 0.1) is 18.2 Å².